The monoisotopic (exact) mass is 561 g/mol. The van der Waals surface area contributed by atoms with Gasteiger partial charge in [-0.05, 0) is 92.0 Å². The zero-order valence-electron chi connectivity index (χ0n) is 23.9. The fourth-order valence-corrected chi connectivity index (χ4v) is 6.80. The standard InChI is InChI=1S/C42H27NO/c1-2-12-31(13-3-1)43(33-23-20-29-22-24-36-34-15-5-4-10-28(34)21-25-37(36)39(29)27-33)32-14-8-11-30(26-32)35-17-9-19-41-42(35)38-16-6-7-18-40(38)44-41/h1-27H. The Morgan fingerprint density at radius 2 is 1.00 bits per heavy atom. The molecule has 1 heterocycles. The molecule has 0 saturated carbocycles. The third-order valence-electron chi connectivity index (χ3n) is 8.82. The molecule has 0 fully saturated rings. The van der Waals surface area contributed by atoms with E-state index in [0.29, 0.717) is 0 Å². The van der Waals surface area contributed by atoms with Gasteiger partial charge in [0.2, 0.25) is 0 Å². The number of furan rings is 1. The van der Waals surface area contributed by atoms with E-state index in [-0.39, 0.29) is 0 Å². The lowest BCUT2D eigenvalue weighted by Gasteiger charge is -2.26. The summed E-state index contributed by atoms with van der Waals surface area (Å²) in [7, 11) is 0. The number of nitrogens with zero attached hydrogens (tertiary/aromatic N) is 1. The summed E-state index contributed by atoms with van der Waals surface area (Å²) in [5.41, 5.74) is 7.46. The third kappa shape index (κ3) is 3.89. The summed E-state index contributed by atoms with van der Waals surface area (Å²) < 4.78 is 6.22. The van der Waals surface area contributed by atoms with Crippen LogP contribution in [0.15, 0.2) is 168 Å². The van der Waals surface area contributed by atoms with Crippen LogP contribution in [0.25, 0.3) is 65.4 Å². The molecule has 0 amide bonds. The van der Waals surface area contributed by atoms with Gasteiger partial charge in [0.05, 0.1) is 0 Å². The van der Waals surface area contributed by atoms with Crippen LogP contribution in [0.2, 0.25) is 0 Å². The Labute approximate surface area is 255 Å². The number of rotatable bonds is 4. The van der Waals surface area contributed by atoms with Crippen LogP contribution in [-0.4, -0.2) is 0 Å². The number of fused-ring (bicyclic) bond motifs is 8. The Morgan fingerprint density at radius 1 is 0.364 bits per heavy atom. The normalized spacial score (nSPS) is 11.6. The van der Waals surface area contributed by atoms with Gasteiger partial charge in [0.15, 0.2) is 0 Å². The summed E-state index contributed by atoms with van der Waals surface area (Å²) in [6.45, 7) is 0. The van der Waals surface area contributed by atoms with Crippen LogP contribution < -0.4 is 4.90 Å². The number of para-hydroxylation sites is 2. The maximum atomic E-state index is 6.22. The summed E-state index contributed by atoms with van der Waals surface area (Å²) in [5.74, 6) is 0. The molecule has 9 aromatic rings. The molecule has 0 unspecified atom stereocenters. The van der Waals surface area contributed by atoms with E-state index in [0.717, 1.165) is 44.6 Å². The molecule has 0 bridgehead atoms. The lowest BCUT2D eigenvalue weighted by Crippen LogP contribution is -2.09. The Hall–Kier alpha value is -5.86. The van der Waals surface area contributed by atoms with Crippen molar-refractivity contribution in [3.63, 3.8) is 0 Å². The molecule has 0 saturated heterocycles. The first-order chi connectivity index (χ1) is 21.8. The molecule has 9 rings (SSSR count). The number of benzene rings is 8. The Kier molecular flexibility index (Phi) is 5.54. The number of anilines is 3. The van der Waals surface area contributed by atoms with Crippen molar-refractivity contribution in [3.8, 4) is 11.1 Å². The zero-order valence-corrected chi connectivity index (χ0v) is 23.9. The topological polar surface area (TPSA) is 16.4 Å². The zero-order chi connectivity index (χ0) is 29.0. The van der Waals surface area contributed by atoms with E-state index >= 15 is 0 Å². The molecule has 0 N–H and O–H groups in total. The van der Waals surface area contributed by atoms with E-state index in [1.807, 2.05) is 12.1 Å². The van der Waals surface area contributed by atoms with Crippen molar-refractivity contribution in [2.24, 2.45) is 0 Å². The summed E-state index contributed by atoms with van der Waals surface area (Å²) in [4.78, 5) is 2.36. The first-order valence-electron chi connectivity index (χ1n) is 15.0. The van der Waals surface area contributed by atoms with Crippen molar-refractivity contribution in [1.29, 1.82) is 0 Å². The Balaban J connectivity index is 1.25. The van der Waals surface area contributed by atoms with Crippen molar-refractivity contribution in [3.05, 3.63) is 164 Å². The maximum absolute atomic E-state index is 6.22. The largest absolute Gasteiger partial charge is 0.456 e. The second-order valence-electron chi connectivity index (χ2n) is 11.4. The Bertz CT molecular complexity index is 2510. The fourth-order valence-electron chi connectivity index (χ4n) is 6.80. The number of hydrogen-bond donors (Lipinski definition) is 0. The Morgan fingerprint density at radius 3 is 1.89 bits per heavy atom. The molecular formula is C42H27NO. The van der Waals surface area contributed by atoms with Crippen molar-refractivity contribution in [1.82, 2.24) is 0 Å². The molecule has 0 spiro atoms. The van der Waals surface area contributed by atoms with Crippen molar-refractivity contribution < 1.29 is 4.42 Å². The summed E-state index contributed by atoms with van der Waals surface area (Å²) in [5, 5.41) is 9.86. The molecule has 0 aliphatic heterocycles. The molecule has 0 atom stereocenters. The van der Waals surface area contributed by atoms with Crippen LogP contribution in [-0.2, 0) is 0 Å². The number of hydrogen-bond acceptors (Lipinski definition) is 2. The molecule has 0 aliphatic rings. The molecule has 8 aromatic carbocycles. The molecule has 2 heteroatoms. The van der Waals surface area contributed by atoms with Gasteiger partial charge < -0.3 is 9.32 Å². The van der Waals surface area contributed by atoms with E-state index < -0.39 is 0 Å². The van der Waals surface area contributed by atoms with Gasteiger partial charge in [-0.15, -0.1) is 0 Å². The van der Waals surface area contributed by atoms with Gasteiger partial charge in [0, 0.05) is 27.8 Å². The summed E-state index contributed by atoms with van der Waals surface area (Å²) in [6, 6.07) is 58.6. The van der Waals surface area contributed by atoms with E-state index in [4.69, 9.17) is 4.42 Å². The minimum absolute atomic E-state index is 0.906. The van der Waals surface area contributed by atoms with Crippen LogP contribution >= 0.6 is 0 Å². The van der Waals surface area contributed by atoms with Crippen LogP contribution in [0.5, 0.6) is 0 Å². The first-order valence-corrected chi connectivity index (χ1v) is 15.0. The average molecular weight is 562 g/mol. The van der Waals surface area contributed by atoms with Crippen molar-refractivity contribution in [2.75, 3.05) is 4.90 Å². The molecular weight excluding hydrogens is 534 g/mol. The van der Waals surface area contributed by atoms with Crippen molar-refractivity contribution >= 4 is 71.3 Å². The highest BCUT2D eigenvalue weighted by Crippen LogP contribution is 2.42. The highest BCUT2D eigenvalue weighted by Gasteiger charge is 2.17. The van der Waals surface area contributed by atoms with Crippen LogP contribution in [0.1, 0.15) is 0 Å². The molecule has 1 aromatic heterocycles. The minimum atomic E-state index is 0.906. The van der Waals surface area contributed by atoms with Gasteiger partial charge in [-0.1, -0.05) is 115 Å². The molecule has 2 nitrogen and oxygen atoms in total. The second kappa shape index (κ2) is 9.86. The average Bonchev–Trinajstić information content (AvgIpc) is 3.48. The summed E-state index contributed by atoms with van der Waals surface area (Å²) in [6.07, 6.45) is 0. The quantitative estimate of drug-likeness (QED) is 0.199. The highest BCUT2D eigenvalue weighted by molar-refractivity contribution is 6.18. The molecule has 206 valence electrons. The fraction of sp³-hybridized carbons (Fsp3) is 0. The van der Waals surface area contributed by atoms with Gasteiger partial charge in [0.25, 0.3) is 0 Å². The lowest BCUT2D eigenvalue weighted by molar-refractivity contribution is 0.669. The van der Waals surface area contributed by atoms with E-state index in [2.05, 4.69) is 157 Å². The van der Waals surface area contributed by atoms with E-state index in [1.165, 1.54) is 37.9 Å². The van der Waals surface area contributed by atoms with Gasteiger partial charge in [0.1, 0.15) is 11.2 Å². The lowest BCUT2D eigenvalue weighted by atomic mass is 9.96. The van der Waals surface area contributed by atoms with Gasteiger partial charge in [-0.2, -0.15) is 0 Å². The smallest absolute Gasteiger partial charge is 0.136 e. The minimum Gasteiger partial charge on any atom is -0.456 e. The van der Waals surface area contributed by atoms with Gasteiger partial charge in [-0.25, -0.2) is 0 Å². The van der Waals surface area contributed by atoms with E-state index in [9.17, 15) is 0 Å². The third-order valence-corrected chi connectivity index (χ3v) is 8.82. The van der Waals surface area contributed by atoms with Gasteiger partial charge >= 0.3 is 0 Å². The maximum Gasteiger partial charge on any atom is 0.136 e. The highest BCUT2D eigenvalue weighted by atomic mass is 16.3. The molecule has 44 heavy (non-hydrogen) atoms. The SMILES string of the molecule is c1ccc(N(c2cccc(-c3cccc4oc5ccccc5c34)c2)c2ccc3ccc4c5ccccc5ccc4c3c2)cc1. The second-order valence-corrected chi connectivity index (χ2v) is 11.4. The van der Waals surface area contributed by atoms with Crippen LogP contribution in [0.3, 0.4) is 0 Å². The van der Waals surface area contributed by atoms with Crippen LogP contribution in [0.4, 0.5) is 17.1 Å². The predicted molar refractivity (Wildman–Crippen MR) is 186 cm³/mol. The predicted octanol–water partition coefficient (Wildman–Crippen LogP) is 12.2. The summed E-state index contributed by atoms with van der Waals surface area (Å²) >= 11 is 0. The molecule has 0 radical (unpaired) electrons. The van der Waals surface area contributed by atoms with E-state index in [1.54, 1.807) is 0 Å². The van der Waals surface area contributed by atoms with Crippen LogP contribution in [0, 0.1) is 0 Å². The molecule has 0 aliphatic carbocycles. The first kappa shape index (κ1) is 24.7. The van der Waals surface area contributed by atoms with Crippen molar-refractivity contribution in [2.45, 2.75) is 0 Å². The van der Waals surface area contributed by atoms with Gasteiger partial charge in [-0.3, -0.25) is 0 Å².